The minimum Gasteiger partial charge on any atom is -0.496 e. The molecule has 1 amide bonds. The molecule has 1 aliphatic heterocycles. The Morgan fingerprint density at radius 2 is 2.00 bits per heavy atom. The maximum Gasteiger partial charge on any atom is 0.244 e. The molecule has 1 saturated heterocycles. The number of amides is 1. The van der Waals surface area contributed by atoms with Gasteiger partial charge in [0.15, 0.2) is 0 Å². The highest BCUT2D eigenvalue weighted by atomic mass is 16.5. The minimum atomic E-state index is -0.139. The average molecular weight is 367 g/mol. The van der Waals surface area contributed by atoms with Crippen LogP contribution in [0.15, 0.2) is 53.6 Å². The highest BCUT2D eigenvalue weighted by Crippen LogP contribution is 2.21. The normalized spacial score (nSPS) is 15.0. The average Bonchev–Trinajstić information content (AvgIpc) is 2.70. The maximum absolute atomic E-state index is 12.0. The first kappa shape index (κ1) is 19.1. The molecule has 1 aliphatic rings. The Labute approximate surface area is 159 Å². The van der Waals surface area contributed by atoms with E-state index in [0.717, 1.165) is 55.3 Å². The lowest BCUT2D eigenvalue weighted by Crippen LogP contribution is -2.35. The molecule has 142 valence electrons. The van der Waals surface area contributed by atoms with Crippen molar-refractivity contribution < 1.29 is 14.3 Å². The first-order valence-electron chi connectivity index (χ1n) is 9.07. The Morgan fingerprint density at radius 1 is 1.22 bits per heavy atom. The minimum absolute atomic E-state index is 0.139. The topological polar surface area (TPSA) is 63.2 Å². The molecule has 0 spiro atoms. The van der Waals surface area contributed by atoms with Gasteiger partial charge in [0.05, 0.1) is 33.0 Å². The number of hydrogen-bond acceptors (Lipinski definition) is 5. The number of rotatable bonds is 7. The summed E-state index contributed by atoms with van der Waals surface area (Å²) < 4.78 is 10.9. The second kappa shape index (κ2) is 9.85. The van der Waals surface area contributed by atoms with Gasteiger partial charge in [0.25, 0.3) is 0 Å². The van der Waals surface area contributed by atoms with Crippen LogP contribution in [0.25, 0.3) is 0 Å². The number of hydrogen-bond donors (Lipinski definition) is 1. The van der Waals surface area contributed by atoms with Crippen molar-refractivity contribution in [2.24, 2.45) is 5.10 Å². The zero-order valence-electron chi connectivity index (χ0n) is 15.6. The van der Waals surface area contributed by atoms with Gasteiger partial charge < -0.3 is 9.47 Å². The largest absolute Gasteiger partial charge is 0.496 e. The highest BCUT2D eigenvalue weighted by Gasteiger charge is 2.13. The van der Waals surface area contributed by atoms with Gasteiger partial charge >= 0.3 is 0 Å². The lowest BCUT2D eigenvalue weighted by molar-refractivity contribution is -0.120. The van der Waals surface area contributed by atoms with Gasteiger partial charge in [-0.15, -0.1) is 0 Å². The molecule has 1 heterocycles. The van der Waals surface area contributed by atoms with Crippen LogP contribution in [0.2, 0.25) is 0 Å². The Bertz CT molecular complexity index is 771. The Kier molecular flexibility index (Phi) is 6.96. The Hall–Kier alpha value is -2.70. The third-order valence-corrected chi connectivity index (χ3v) is 4.41. The first-order chi connectivity index (χ1) is 13.2. The van der Waals surface area contributed by atoms with Gasteiger partial charge in [-0.25, -0.2) is 5.43 Å². The summed E-state index contributed by atoms with van der Waals surface area (Å²) in [6.45, 7) is 4.15. The van der Waals surface area contributed by atoms with E-state index in [9.17, 15) is 4.79 Å². The number of carbonyl (C=O) groups excluding carboxylic acids is 1. The van der Waals surface area contributed by atoms with Crippen molar-refractivity contribution >= 4 is 12.1 Å². The fourth-order valence-corrected chi connectivity index (χ4v) is 3.00. The van der Waals surface area contributed by atoms with Crippen molar-refractivity contribution in [3.63, 3.8) is 0 Å². The van der Waals surface area contributed by atoms with Gasteiger partial charge in [-0.3, -0.25) is 9.69 Å². The van der Waals surface area contributed by atoms with Crippen LogP contribution >= 0.6 is 0 Å². The van der Waals surface area contributed by atoms with Crippen molar-refractivity contribution in [1.82, 2.24) is 10.3 Å². The molecule has 6 nitrogen and oxygen atoms in total. The summed E-state index contributed by atoms with van der Waals surface area (Å²) in [4.78, 5) is 14.3. The molecule has 6 heteroatoms. The molecule has 3 rings (SSSR count). The number of morpholine rings is 1. The van der Waals surface area contributed by atoms with Crippen molar-refractivity contribution in [1.29, 1.82) is 0 Å². The summed E-state index contributed by atoms with van der Waals surface area (Å²) in [7, 11) is 1.68. The molecule has 1 N–H and O–H groups in total. The number of benzene rings is 2. The molecular weight excluding hydrogens is 342 g/mol. The summed E-state index contributed by atoms with van der Waals surface area (Å²) in [5, 5.41) is 4.08. The van der Waals surface area contributed by atoms with E-state index >= 15 is 0 Å². The molecule has 0 aliphatic carbocycles. The van der Waals surface area contributed by atoms with Crippen molar-refractivity contribution in [3.05, 3.63) is 65.2 Å². The summed E-state index contributed by atoms with van der Waals surface area (Å²) in [6.07, 6.45) is 1.97. The van der Waals surface area contributed by atoms with Crippen LogP contribution in [0.3, 0.4) is 0 Å². The van der Waals surface area contributed by atoms with E-state index < -0.39 is 0 Å². The molecule has 0 unspecified atom stereocenters. The highest BCUT2D eigenvalue weighted by molar-refractivity contribution is 5.83. The molecule has 27 heavy (non-hydrogen) atoms. The fraction of sp³-hybridized carbons (Fsp3) is 0.333. The zero-order chi connectivity index (χ0) is 18.9. The molecule has 2 aromatic carbocycles. The van der Waals surface area contributed by atoms with E-state index in [1.54, 1.807) is 13.3 Å². The molecule has 0 bridgehead atoms. The summed E-state index contributed by atoms with van der Waals surface area (Å²) in [5.41, 5.74) is 5.55. The molecule has 0 atom stereocenters. The fourth-order valence-electron chi connectivity index (χ4n) is 3.00. The number of hydrazone groups is 1. The van der Waals surface area contributed by atoms with E-state index in [1.807, 2.05) is 48.5 Å². The number of ether oxygens (including phenoxy) is 2. The van der Waals surface area contributed by atoms with Crippen LogP contribution in [0.1, 0.15) is 16.7 Å². The molecule has 0 saturated carbocycles. The van der Waals surface area contributed by atoms with Crippen LogP contribution in [0.5, 0.6) is 5.75 Å². The predicted octanol–water partition coefficient (Wildman–Crippen LogP) is 2.22. The molecule has 1 fully saturated rings. The quantitative estimate of drug-likeness (QED) is 0.602. The van der Waals surface area contributed by atoms with Gasteiger partial charge in [0.1, 0.15) is 5.75 Å². The SMILES string of the molecule is COc1ccc(/C=N/NC(=O)Cc2ccccc2)cc1CN1CCOCC1. The van der Waals surface area contributed by atoms with Gasteiger partial charge in [-0.05, 0) is 29.3 Å². The lowest BCUT2D eigenvalue weighted by atomic mass is 10.1. The maximum atomic E-state index is 12.0. The van der Waals surface area contributed by atoms with Crippen LogP contribution in [-0.4, -0.2) is 50.4 Å². The lowest BCUT2D eigenvalue weighted by Gasteiger charge is -2.27. The van der Waals surface area contributed by atoms with Crippen LogP contribution in [0.4, 0.5) is 0 Å². The van der Waals surface area contributed by atoms with E-state index in [0.29, 0.717) is 6.42 Å². The predicted molar refractivity (Wildman–Crippen MR) is 105 cm³/mol. The second-order valence-corrected chi connectivity index (χ2v) is 6.42. The number of nitrogens with one attached hydrogen (secondary N) is 1. The zero-order valence-corrected chi connectivity index (χ0v) is 15.6. The number of nitrogens with zero attached hydrogens (tertiary/aromatic N) is 2. The Balaban J connectivity index is 1.59. The number of methoxy groups -OCH3 is 1. The Morgan fingerprint density at radius 3 is 2.74 bits per heavy atom. The molecule has 0 aromatic heterocycles. The second-order valence-electron chi connectivity index (χ2n) is 6.42. The third-order valence-electron chi connectivity index (χ3n) is 4.41. The monoisotopic (exact) mass is 367 g/mol. The summed E-state index contributed by atoms with van der Waals surface area (Å²) >= 11 is 0. The standard InChI is InChI=1S/C21H25N3O3/c1-26-20-8-7-18(13-19(20)16-24-9-11-27-12-10-24)15-22-23-21(25)14-17-5-3-2-4-6-17/h2-8,13,15H,9-12,14,16H2,1H3,(H,23,25)/b22-15+. The van der Waals surface area contributed by atoms with Gasteiger partial charge in [0.2, 0.25) is 5.91 Å². The van der Waals surface area contributed by atoms with Crippen LogP contribution in [-0.2, 0) is 22.5 Å². The number of carbonyl (C=O) groups is 1. The van der Waals surface area contributed by atoms with E-state index in [2.05, 4.69) is 15.4 Å². The molecule has 0 radical (unpaired) electrons. The van der Waals surface area contributed by atoms with Gasteiger partial charge in [-0.2, -0.15) is 5.10 Å². The van der Waals surface area contributed by atoms with E-state index in [-0.39, 0.29) is 5.91 Å². The van der Waals surface area contributed by atoms with Crippen molar-refractivity contribution in [2.75, 3.05) is 33.4 Å². The van der Waals surface area contributed by atoms with Gasteiger partial charge in [0, 0.05) is 25.2 Å². The van der Waals surface area contributed by atoms with E-state index in [1.165, 1.54) is 0 Å². The smallest absolute Gasteiger partial charge is 0.244 e. The molecular formula is C21H25N3O3. The van der Waals surface area contributed by atoms with Crippen LogP contribution in [0, 0.1) is 0 Å². The summed E-state index contributed by atoms with van der Waals surface area (Å²) in [6, 6.07) is 15.5. The van der Waals surface area contributed by atoms with Crippen molar-refractivity contribution in [2.45, 2.75) is 13.0 Å². The van der Waals surface area contributed by atoms with Crippen LogP contribution < -0.4 is 10.2 Å². The molecule has 2 aromatic rings. The third kappa shape index (κ3) is 5.91. The first-order valence-corrected chi connectivity index (χ1v) is 9.07. The summed E-state index contributed by atoms with van der Waals surface area (Å²) in [5.74, 6) is 0.714. The van der Waals surface area contributed by atoms with Crippen molar-refractivity contribution in [3.8, 4) is 5.75 Å². The van der Waals surface area contributed by atoms with Gasteiger partial charge in [-0.1, -0.05) is 30.3 Å². The van der Waals surface area contributed by atoms with E-state index in [4.69, 9.17) is 9.47 Å².